The van der Waals surface area contributed by atoms with Crippen LogP contribution in [-0.4, -0.2) is 15.0 Å². The molecule has 1 aromatic heterocycles. The van der Waals surface area contributed by atoms with Crippen LogP contribution in [0.15, 0.2) is 39.9 Å². The Bertz CT molecular complexity index is 652. The number of thiophene rings is 1. The van der Waals surface area contributed by atoms with Crippen molar-refractivity contribution in [2.45, 2.75) is 11.8 Å². The first-order chi connectivity index (χ1) is 9.03. The Labute approximate surface area is 116 Å². The summed E-state index contributed by atoms with van der Waals surface area (Å²) >= 11 is 1.55. The van der Waals surface area contributed by atoms with Crippen LogP contribution in [-0.2, 0) is 10.0 Å². The van der Waals surface area contributed by atoms with Crippen LogP contribution in [0.2, 0.25) is 0 Å². The molecule has 2 rings (SSSR count). The minimum Gasteiger partial charge on any atom is -0.397 e. The third kappa shape index (κ3) is 3.25. The SMILES string of the molecule is CCNS(=O)(=O)c1ccc(N)c(Nc2ccsc2)c1. The van der Waals surface area contributed by atoms with Crippen molar-refractivity contribution in [2.75, 3.05) is 17.6 Å². The van der Waals surface area contributed by atoms with Crippen molar-refractivity contribution < 1.29 is 8.42 Å². The summed E-state index contributed by atoms with van der Waals surface area (Å²) in [5.41, 5.74) is 7.82. The van der Waals surface area contributed by atoms with E-state index in [0.717, 1.165) is 5.69 Å². The van der Waals surface area contributed by atoms with Crippen LogP contribution in [0, 0.1) is 0 Å². The molecule has 4 N–H and O–H groups in total. The molecule has 0 spiro atoms. The second kappa shape index (κ2) is 5.60. The first-order valence-electron chi connectivity index (χ1n) is 5.71. The quantitative estimate of drug-likeness (QED) is 0.740. The van der Waals surface area contributed by atoms with Gasteiger partial charge in [-0.1, -0.05) is 6.92 Å². The van der Waals surface area contributed by atoms with Gasteiger partial charge in [-0.2, -0.15) is 11.3 Å². The lowest BCUT2D eigenvalue weighted by Crippen LogP contribution is -2.23. The molecule has 1 heterocycles. The maximum absolute atomic E-state index is 11.9. The summed E-state index contributed by atoms with van der Waals surface area (Å²) in [6, 6.07) is 6.51. The van der Waals surface area contributed by atoms with Gasteiger partial charge < -0.3 is 11.1 Å². The number of sulfonamides is 1. The Morgan fingerprint density at radius 3 is 2.74 bits per heavy atom. The van der Waals surface area contributed by atoms with Crippen molar-refractivity contribution in [1.82, 2.24) is 4.72 Å². The molecule has 5 nitrogen and oxygen atoms in total. The zero-order chi connectivity index (χ0) is 13.9. The molecule has 0 fully saturated rings. The van der Waals surface area contributed by atoms with Crippen molar-refractivity contribution in [3.05, 3.63) is 35.0 Å². The van der Waals surface area contributed by atoms with Crippen molar-refractivity contribution in [3.63, 3.8) is 0 Å². The van der Waals surface area contributed by atoms with Gasteiger partial charge in [-0.15, -0.1) is 0 Å². The van der Waals surface area contributed by atoms with E-state index in [4.69, 9.17) is 5.73 Å². The zero-order valence-electron chi connectivity index (χ0n) is 10.4. The fourth-order valence-corrected chi connectivity index (χ4v) is 3.23. The number of nitrogens with one attached hydrogen (secondary N) is 2. The van der Waals surface area contributed by atoms with Gasteiger partial charge in [0.15, 0.2) is 0 Å². The van der Waals surface area contributed by atoms with Crippen LogP contribution in [0.3, 0.4) is 0 Å². The molecule has 1 aromatic carbocycles. The second-order valence-corrected chi connectivity index (χ2v) is 6.43. The van der Waals surface area contributed by atoms with E-state index in [-0.39, 0.29) is 4.90 Å². The van der Waals surface area contributed by atoms with Crippen molar-refractivity contribution in [3.8, 4) is 0 Å². The lowest BCUT2D eigenvalue weighted by molar-refractivity contribution is 0.584. The van der Waals surface area contributed by atoms with Crippen LogP contribution in [0.1, 0.15) is 6.92 Å². The van der Waals surface area contributed by atoms with E-state index in [1.54, 1.807) is 24.3 Å². The van der Waals surface area contributed by atoms with Crippen molar-refractivity contribution in [2.24, 2.45) is 0 Å². The normalized spacial score (nSPS) is 11.4. The standard InChI is InChI=1S/C12H15N3O2S2/c1-2-14-19(16,17)10-3-4-11(13)12(7-10)15-9-5-6-18-8-9/h3-8,14-15H,2,13H2,1H3. The maximum atomic E-state index is 11.9. The zero-order valence-corrected chi connectivity index (χ0v) is 12.0. The Morgan fingerprint density at radius 1 is 1.32 bits per heavy atom. The highest BCUT2D eigenvalue weighted by molar-refractivity contribution is 7.89. The van der Waals surface area contributed by atoms with Gasteiger partial charge in [0, 0.05) is 17.6 Å². The Kier molecular flexibility index (Phi) is 4.08. The topological polar surface area (TPSA) is 84.2 Å². The molecule has 0 amide bonds. The third-order valence-electron chi connectivity index (χ3n) is 2.47. The Morgan fingerprint density at radius 2 is 2.11 bits per heavy atom. The number of nitrogens with two attached hydrogens (primary N) is 1. The lowest BCUT2D eigenvalue weighted by atomic mass is 10.2. The summed E-state index contributed by atoms with van der Waals surface area (Å²) in [6.07, 6.45) is 0. The lowest BCUT2D eigenvalue weighted by Gasteiger charge is -2.11. The third-order valence-corrected chi connectivity index (χ3v) is 4.70. The van der Waals surface area contributed by atoms with Gasteiger partial charge in [-0.05, 0) is 29.6 Å². The molecule has 0 bridgehead atoms. The number of nitrogen functional groups attached to an aromatic ring is 1. The van der Waals surface area contributed by atoms with E-state index in [9.17, 15) is 8.42 Å². The molecule has 19 heavy (non-hydrogen) atoms. The van der Waals surface area contributed by atoms with Gasteiger partial charge >= 0.3 is 0 Å². The van der Waals surface area contributed by atoms with Gasteiger partial charge in [0.25, 0.3) is 0 Å². The average molecular weight is 297 g/mol. The van der Waals surface area contributed by atoms with Crippen molar-refractivity contribution >= 4 is 38.4 Å². The predicted molar refractivity (Wildman–Crippen MR) is 79.3 cm³/mol. The number of benzene rings is 1. The first kappa shape index (κ1) is 13.9. The molecule has 0 saturated heterocycles. The monoisotopic (exact) mass is 297 g/mol. The van der Waals surface area contributed by atoms with Crippen LogP contribution in [0.25, 0.3) is 0 Å². The molecule has 0 atom stereocenters. The molecule has 0 aliphatic carbocycles. The molecule has 0 unspecified atom stereocenters. The summed E-state index contributed by atoms with van der Waals surface area (Å²) in [4.78, 5) is 0.196. The molecule has 0 aliphatic heterocycles. The number of hydrogen-bond acceptors (Lipinski definition) is 5. The summed E-state index contributed by atoms with van der Waals surface area (Å²) in [6.45, 7) is 2.08. The fourth-order valence-electron chi connectivity index (χ4n) is 1.58. The summed E-state index contributed by atoms with van der Waals surface area (Å²) < 4.78 is 26.3. The van der Waals surface area contributed by atoms with Gasteiger partial charge in [-0.3, -0.25) is 0 Å². The minimum atomic E-state index is -3.47. The molecular weight excluding hydrogens is 282 g/mol. The van der Waals surface area contributed by atoms with Gasteiger partial charge in [0.1, 0.15) is 0 Å². The smallest absolute Gasteiger partial charge is 0.240 e. The predicted octanol–water partition coefficient (Wildman–Crippen LogP) is 2.37. The van der Waals surface area contributed by atoms with Crippen LogP contribution in [0.4, 0.5) is 17.1 Å². The van der Waals surface area contributed by atoms with Crippen molar-refractivity contribution in [1.29, 1.82) is 0 Å². The highest BCUT2D eigenvalue weighted by Crippen LogP contribution is 2.27. The summed E-state index contributed by atoms with van der Waals surface area (Å²) in [5.74, 6) is 0. The second-order valence-electron chi connectivity index (χ2n) is 3.89. The number of anilines is 3. The highest BCUT2D eigenvalue weighted by atomic mass is 32.2. The Balaban J connectivity index is 2.35. The molecule has 7 heteroatoms. The molecule has 0 radical (unpaired) electrons. The van der Waals surface area contributed by atoms with Crippen LogP contribution >= 0.6 is 11.3 Å². The first-order valence-corrected chi connectivity index (χ1v) is 8.14. The molecule has 0 saturated carbocycles. The largest absolute Gasteiger partial charge is 0.397 e. The summed E-state index contributed by atoms with van der Waals surface area (Å²) in [5, 5.41) is 6.95. The summed E-state index contributed by atoms with van der Waals surface area (Å²) in [7, 11) is -3.47. The minimum absolute atomic E-state index is 0.196. The molecule has 102 valence electrons. The number of hydrogen-bond donors (Lipinski definition) is 3. The number of rotatable bonds is 5. The van der Waals surface area contributed by atoms with Crippen LogP contribution < -0.4 is 15.8 Å². The maximum Gasteiger partial charge on any atom is 0.240 e. The van der Waals surface area contributed by atoms with Gasteiger partial charge in [-0.25, -0.2) is 13.1 Å². The van der Waals surface area contributed by atoms with Gasteiger partial charge in [0.2, 0.25) is 10.0 Å². The molecule has 0 aliphatic rings. The van der Waals surface area contributed by atoms with E-state index in [1.807, 2.05) is 16.8 Å². The molecule has 2 aromatic rings. The van der Waals surface area contributed by atoms with E-state index < -0.39 is 10.0 Å². The molecular formula is C12H15N3O2S2. The van der Waals surface area contributed by atoms with E-state index in [1.165, 1.54) is 12.1 Å². The van der Waals surface area contributed by atoms with E-state index >= 15 is 0 Å². The van der Waals surface area contributed by atoms with Gasteiger partial charge in [0.05, 0.1) is 16.3 Å². The highest BCUT2D eigenvalue weighted by Gasteiger charge is 2.14. The fraction of sp³-hybridized carbons (Fsp3) is 0.167. The van der Waals surface area contributed by atoms with E-state index in [2.05, 4.69) is 10.0 Å². The average Bonchev–Trinajstić information content (AvgIpc) is 2.84. The Hall–Kier alpha value is -1.57. The van der Waals surface area contributed by atoms with E-state index in [0.29, 0.717) is 17.9 Å². The van der Waals surface area contributed by atoms with Crippen LogP contribution in [0.5, 0.6) is 0 Å².